The van der Waals surface area contributed by atoms with Gasteiger partial charge in [0.2, 0.25) is 0 Å². The monoisotopic (exact) mass is 363 g/mol. The van der Waals surface area contributed by atoms with Gasteiger partial charge < -0.3 is 20.1 Å². The number of rotatable bonds is 3. The highest BCUT2D eigenvalue weighted by atomic mass is 16.2. The third-order valence-corrected chi connectivity index (χ3v) is 5.21. The van der Waals surface area contributed by atoms with Crippen molar-refractivity contribution in [1.29, 1.82) is 0 Å². The van der Waals surface area contributed by atoms with Crippen molar-refractivity contribution in [1.82, 2.24) is 19.8 Å². The Balaban J connectivity index is 1.43. The molecular formula is C21H25N5O. The van der Waals surface area contributed by atoms with E-state index in [1.165, 1.54) is 0 Å². The van der Waals surface area contributed by atoms with Gasteiger partial charge in [-0.2, -0.15) is 0 Å². The molecule has 1 fully saturated rings. The van der Waals surface area contributed by atoms with E-state index >= 15 is 0 Å². The molecule has 1 unspecified atom stereocenters. The average Bonchev–Trinajstić information content (AvgIpc) is 3.13. The Labute approximate surface area is 159 Å². The molecule has 2 heterocycles. The molecule has 2 N–H and O–H groups in total. The summed E-state index contributed by atoms with van der Waals surface area (Å²) < 4.78 is 0. The second-order valence-corrected chi connectivity index (χ2v) is 7.32. The maximum atomic E-state index is 12.6. The summed E-state index contributed by atoms with van der Waals surface area (Å²) >= 11 is 0. The lowest BCUT2D eigenvalue weighted by molar-refractivity contribution is 0.148. The van der Waals surface area contributed by atoms with Crippen LogP contribution in [0.4, 0.5) is 10.5 Å². The molecule has 1 aliphatic rings. The maximum absolute atomic E-state index is 12.6. The molecule has 27 heavy (non-hydrogen) atoms. The van der Waals surface area contributed by atoms with Gasteiger partial charge in [-0.1, -0.05) is 12.1 Å². The number of fused-ring (bicyclic) bond motifs is 1. The minimum Gasteiger partial charge on any atom is -0.338 e. The molecule has 0 radical (unpaired) electrons. The van der Waals surface area contributed by atoms with Crippen molar-refractivity contribution >= 4 is 22.8 Å². The highest BCUT2D eigenvalue weighted by Gasteiger charge is 2.24. The normalized spacial score (nSPS) is 17.4. The van der Waals surface area contributed by atoms with Crippen LogP contribution in [0.3, 0.4) is 0 Å². The molecule has 2 amide bonds. The molecule has 6 heteroatoms. The standard InChI is InChI=1S/C21H25N5O/c1-25(2)17-6-5-13-26(14-17)21(27)22-16-11-9-15(10-12-16)20-23-18-7-3-4-8-19(18)24-20/h3-4,7-12,17H,5-6,13-14H2,1-2H3,(H,22,27)(H,23,24). The number of carbonyl (C=O) groups excluding carboxylic acids is 1. The fourth-order valence-electron chi connectivity index (χ4n) is 3.56. The van der Waals surface area contributed by atoms with Crippen LogP contribution in [0, 0.1) is 0 Å². The van der Waals surface area contributed by atoms with Crippen molar-refractivity contribution < 1.29 is 4.79 Å². The van der Waals surface area contributed by atoms with Crippen LogP contribution in [0.2, 0.25) is 0 Å². The molecule has 6 nitrogen and oxygen atoms in total. The Hall–Kier alpha value is -2.86. The largest absolute Gasteiger partial charge is 0.338 e. The van der Waals surface area contributed by atoms with Crippen molar-refractivity contribution in [2.24, 2.45) is 0 Å². The lowest BCUT2D eigenvalue weighted by Crippen LogP contribution is -2.48. The SMILES string of the molecule is CN(C)C1CCCN(C(=O)Nc2ccc(-c3nc4ccccc4[nH]3)cc2)C1. The number of nitrogens with one attached hydrogen (secondary N) is 2. The van der Waals surface area contributed by atoms with E-state index in [0.29, 0.717) is 6.04 Å². The predicted octanol–water partition coefficient (Wildman–Crippen LogP) is 3.79. The molecule has 2 aromatic carbocycles. The highest BCUT2D eigenvalue weighted by Crippen LogP contribution is 2.22. The number of nitrogens with zero attached hydrogens (tertiary/aromatic N) is 3. The number of para-hydroxylation sites is 2. The van der Waals surface area contributed by atoms with Gasteiger partial charge in [0.1, 0.15) is 5.82 Å². The van der Waals surface area contributed by atoms with Crippen LogP contribution in [0.15, 0.2) is 48.5 Å². The number of benzene rings is 2. The van der Waals surface area contributed by atoms with Crippen LogP contribution < -0.4 is 5.32 Å². The molecule has 0 spiro atoms. The van der Waals surface area contributed by atoms with Crippen LogP contribution in [0.5, 0.6) is 0 Å². The van der Waals surface area contributed by atoms with E-state index in [0.717, 1.165) is 54.0 Å². The number of carbonyl (C=O) groups is 1. The molecule has 0 aliphatic carbocycles. The predicted molar refractivity (Wildman–Crippen MR) is 109 cm³/mol. The number of hydrogen-bond acceptors (Lipinski definition) is 3. The summed E-state index contributed by atoms with van der Waals surface area (Å²) in [6.07, 6.45) is 2.18. The summed E-state index contributed by atoms with van der Waals surface area (Å²) in [5, 5.41) is 3.01. The van der Waals surface area contributed by atoms with Crippen molar-refractivity contribution in [3.63, 3.8) is 0 Å². The van der Waals surface area contributed by atoms with E-state index in [1.807, 2.05) is 53.4 Å². The van der Waals surface area contributed by atoms with Gasteiger partial charge in [-0.25, -0.2) is 9.78 Å². The Kier molecular flexibility index (Phi) is 4.81. The lowest BCUT2D eigenvalue weighted by Gasteiger charge is -2.36. The first-order valence-electron chi connectivity index (χ1n) is 9.38. The van der Waals surface area contributed by atoms with E-state index in [2.05, 4.69) is 34.3 Å². The van der Waals surface area contributed by atoms with Crippen LogP contribution in [-0.2, 0) is 0 Å². The Bertz CT molecular complexity index is 898. The van der Waals surface area contributed by atoms with Gasteiger partial charge in [0.05, 0.1) is 11.0 Å². The summed E-state index contributed by atoms with van der Waals surface area (Å²) in [7, 11) is 4.14. The number of likely N-dealkylation sites (tertiary alicyclic amines) is 1. The Morgan fingerprint density at radius 3 is 2.70 bits per heavy atom. The summed E-state index contributed by atoms with van der Waals surface area (Å²) in [4.78, 5) is 24.6. The van der Waals surface area contributed by atoms with E-state index < -0.39 is 0 Å². The van der Waals surface area contributed by atoms with E-state index in [4.69, 9.17) is 0 Å². The molecule has 4 rings (SSSR count). The minimum absolute atomic E-state index is 0.0296. The number of piperidine rings is 1. The first-order valence-corrected chi connectivity index (χ1v) is 9.38. The van der Waals surface area contributed by atoms with E-state index in [-0.39, 0.29) is 6.03 Å². The molecule has 0 bridgehead atoms. The Morgan fingerprint density at radius 2 is 1.96 bits per heavy atom. The van der Waals surface area contributed by atoms with Gasteiger partial charge >= 0.3 is 6.03 Å². The van der Waals surface area contributed by atoms with Gasteiger partial charge in [0, 0.05) is 30.4 Å². The second kappa shape index (κ2) is 7.40. The molecule has 1 aromatic heterocycles. The summed E-state index contributed by atoms with van der Waals surface area (Å²) in [6, 6.07) is 16.2. The van der Waals surface area contributed by atoms with Crippen LogP contribution in [0.25, 0.3) is 22.4 Å². The van der Waals surface area contributed by atoms with E-state index in [1.54, 1.807) is 0 Å². The summed E-state index contributed by atoms with van der Waals surface area (Å²) in [5.74, 6) is 0.832. The number of aromatic nitrogens is 2. The molecule has 1 atom stereocenters. The molecular weight excluding hydrogens is 338 g/mol. The van der Waals surface area contributed by atoms with Gasteiger partial charge in [0.25, 0.3) is 0 Å². The van der Waals surface area contributed by atoms with Gasteiger partial charge in [-0.3, -0.25) is 0 Å². The third-order valence-electron chi connectivity index (χ3n) is 5.21. The van der Waals surface area contributed by atoms with Crippen molar-refractivity contribution in [2.45, 2.75) is 18.9 Å². The van der Waals surface area contributed by atoms with Crippen molar-refractivity contribution in [2.75, 3.05) is 32.5 Å². The van der Waals surface area contributed by atoms with Crippen molar-refractivity contribution in [3.8, 4) is 11.4 Å². The zero-order valence-corrected chi connectivity index (χ0v) is 15.8. The minimum atomic E-state index is -0.0296. The second-order valence-electron chi connectivity index (χ2n) is 7.32. The molecule has 3 aromatic rings. The van der Waals surface area contributed by atoms with E-state index in [9.17, 15) is 4.79 Å². The average molecular weight is 363 g/mol. The molecule has 1 aliphatic heterocycles. The molecule has 0 saturated carbocycles. The van der Waals surface area contributed by atoms with Gasteiger partial charge in [-0.05, 0) is 63.3 Å². The number of amides is 2. The fourth-order valence-corrected chi connectivity index (χ4v) is 3.56. The van der Waals surface area contributed by atoms with Gasteiger partial charge in [-0.15, -0.1) is 0 Å². The van der Waals surface area contributed by atoms with Crippen molar-refractivity contribution in [3.05, 3.63) is 48.5 Å². The number of imidazole rings is 1. The zero-order valence-electron chi connectivity index (χ0n) is 15.8. The van der Waals surface area contributed by atoms with Crippen LogP contribution >= 0.6 is 0 Å². The third kappa shape index (κ3) is 3.80. The topological polar surface area (TPSA) is 64.3 Å². The fraction of sp³-hybridized carbons (Fsp3) is 0.333. The smallest absolute Gasteiger partial charge is 0.321 e. The number of aromatic amines is 1. The first-order chi connectivity index (χ1) is 13.1. The lowest BCUT2D eigenvalue weighted by atomic mass is 10.1. The quantitative estimate of drug-likeness (QED) is 0.744. The highest BCUT2D eigenvalue weighted by molar-refractivity contribution is 5.89. The first kappa shape index (κ1) is 17.5. The number of hydrogen-bond donors (Lipinski definition) is 2. The number of likely N-dealkylation sites (N-methyl/N-ethyl adjacent to an activating group) is 1. The van der Waals surface area contributed by atoms with Crippen LogP contribution in [-0.4, -0.2) is 59.0 Å². The number of urea groups is 1. The zero-order chi connectivity index (χ0) is 18.8. The molecule has 140 valence electrons. The molecule has 1 saturated heterocycles. The van der Waals surface area contributed by atoms with Gasteiger partial charge in [0.15, 0.2) is 0 Å². The number of anilines is 1. The summed E-state index contributed by atoms with van der Waals surface area (Å²) in [5.41, 5.74) is 3.76. The Morgan fingerprint density at radius 1 is 1.19 bits per heavy atom. The summed E-state index contributed by atoms with van der Waals surface area (Å²) in [6.45, 7) is 1.59. The maximum Gasteiger partial charge on any atom is 0.321 e. The number of H-pyrrole nitrogens is 1. The van der Waals surface area contributed by atoms with Crippen LogP contribution in [0.1, 0.15) is 12.8 Å².